The minimum Gasteiger partial charge on any atom is -0.378 e. The number of hydrogen-bond acceptors (Lipinski definition) is 6. The number of carbonyl (C=O) groups is 2. The molecule has 0 saturated carbocycles. The first kappa shape index (κ1) is 24.2. The maximum absolute atomic E-state index is 13.5. The summed E-state index contributed by atoms with van der Waals surface area (Å²) in [6.07, 6.45) is 3.37. The number of unbranched alkanes of at least 4 members (excludes halogenated alkanes) is 1. The van der Waals surface area contributed by atoms with E-state index in [9.17, 15) is 9.59 Å². The summed E-state index contributed by atoms with van der Waals surface area (Å²) >= 11 is 0. The Labute approximate surface area is 207 Å². The average Bonchev–Trinajstić information content (AvgIpc) is 2.89. The Balaban J connectivity index is 1.65. The third-order valence-electron chi connectivity index (χ3n) is 7.62. The van der Waals surface area contributed by atoms with E-state index in [1.165, 1.54) is 12.8 Å². The van der Waals surface area contributed by atoms with E-state index in [1.807, 2.05) is 18.2 Å². The zero-order chi connectivity index (χ0) is 24.3. The Morgan fingerprint density at radius 2 is 1.74 bits per heavy atom. The number of anilines is 1. The summed E-state index contributed by atoms with van der Waals surface area (Å²) in [5, 5.41) is 7.94. The number of benzene rings is 2. The number of nitrogens with one attached hydrogen (secondary N) is 2. The van der Waals surface area contributed by atoms with E-state index >= 15 is 0 Å². The van der Waals surface area contributed by atoms with Gasteiger partial charge in [-0.3, -0.25) is 19.4 Å². The summed E-state index contributed by atoms with van der Waals surface area (Å²) in [6.45, 7) is 11.0. The summed E-state index contributed by atoms with van der Waals surface area (Å²) in [4.78, 5) is 28.6. The van der Waals surface area contributed by atoms with Gasteiger partial charge in [-0.15, -0.1) is 0 Å². The van der Waals surface area contributed by atoms with Gasteiger partial charge in [-0.25, -0.2) is 0 Å². The smallest absolute Gasteiger partial charge is 0.264 e. The molecular weight excluding hydrogens is 444 g/mol. The van der Waals surface area contributed by atoms with E-state index < -0.39 is 0 Å². The number of carbonyl (C=O) groups excluding carboxylic acids is 2. The average molecular weight is 482 g/mol. The quantitative estimate of drug-likeness (QED) is 0.326. The van der Waals surface area contributed by atoms with E-state index in [0.717, 1.165) is 74.4 Å². The zero-order valence-electron chi connectivity index (χ0n) is 20.7. The fourth-order valence-electron chi connectivity index (χ4n) is 5.79. The van der Waals surface area contributed by atoms with Crippen LogP contribution in [0.2, 0.25) is 0 Å². The molecule has 8 heteroatoms. The molecule has 0 radical (unpaired) electrons. The number of imide groups is 1. The first-order chi connectivity index (χ1) is 17.1. The first-order valence-electron chi connectivity index (χ1n) is 13.1. The molecule has 3 aliphatic heterocycles. The summed E-state index contributed by atoms with van der Waals surface area (Å²) in [5.74, 6) is -0.597. The zero-order valence-corrected chi connectivity index (χ0v) is 20.7. The van der Waals surface area contributed by atoms with Crippen LogP contribution in [-0.4, -0.2) is 84.1 Å². The summed E-state index contributed by atoms with van der Waals surface area (Å²) in [5.41, 5.74) is 3.39. The largest absolute Gasteiger partial charge is 0.378 e. The lowest BCUT2D eigenvalue weighted by Crippen LogP contribution is -2.59. The van der Waals surface area contributed by atoms with Crippen molar-refractivity contribution in [3.8, 4) is 0 Å². The SMILES string of the molecule is CCCCNCCC[N+]1(c2c(N3CCOCC3)cc3cccc4c3c2C(=O)NC4=O)CCOCC1. The number of rotatable bonds is 9. The van der Waals surface area contributed by atoms with Crippen molar-refractivity contribution in [2.75, 3.05) is 77.1 Å². The van der Waals surface area contributed by atoms with Crippen molar-refractivity contribution in [1.29, 1.82) is 0 Å². The van der Waals surface area contributed by atoms with Crippen molar-refractivity contribution in [3.63, 3.8) is 0 Å². The van der Waals surface area contributed by atoms with Crippen LogP contribution in [0.25, 0.3) is 10.8 Å². The number of quaternary nitrogens is 1. The lowest BCUT2D eigenvalue weighted by atomic mass is 9.90. The van der Waals surface area contributed by atoms with Crippen molar-refractivity contribution < 1.29 is 19.1 Å². The highest BCUT2D eigenvalue weighted by Gasteiger charge is 2.43. The van der Waals surface area contributed by atoms with Crippen LogP contribution in [0.1, 0.15) is 46.9 Å². The Kier molecular flexibility index (Phi) is 7.34. The van der Waals surface area contributed by atoms with Crippen LogP contribution >= 0.6 is 0 Å². The van der Waals surface area contributed by atoms with Crippen LogP contribution in [0, 0.1) is 0 Å². The van der Waals surface area contributed by atoms with E-state index in [1.54, 1.807) is 0 Å². The van der Waals surface area contributed by atoms with Crippen LogP contribution in [-0.2, 0) is 9.47 Å². The van der Waals surface area contributed by atoms with Crippen molar-refractivity contribution >= 4 is 34.0 Å². The van der Waals surface area contributed by atoms with Crippen molar-refractivity contribution in [3.05, 3.63) is 35.4 Å². The molecular formula is C27H37N4O4+. The molecule has 0 bridgehead atoms. The Morgan fingerprint density at radius 3 is 2.51 bits per heavy atom. The minimum absolute atomic E-state index is 0.283. The van der Waals surface area contributed by atoms with Crippen LogP contribution in [0.3, 0.4) is 0 Å². The number of morpholine rings is 2. The molecule has 0 spiro atoms. The van der Waals surface area contributed by atoms with Gasteiger partial charge >= 0.3 is 0 Å². The molecule has 2 amide bonds. The van der Waals surface area contributed by atoms with Crippen molar-refractivity contribution in [2.24, 2.45) is 0 Å². The molecule has 188 valence electrons. The molecule has 2 saturated heterocycles. The van der Waals surface area contributed by atoms with E-state index in [-0.39, 0.29) is 11.8 Å². The second kappa shape index (κ2) is 10.6. The van der Waals surface area contributed by atoms with E-state index in [0.29, 0.717) is 42.0 Å². The van der Waals surface area contributed by atoms with Gasteiger partial charge in [-0.05, 0) is 30.5 Å². The summed E-state index contributed by atoms with van der Waals surface area (Å²) in [6, 6.07) is 7.95. The third-order valence-corrected chi connectivity index (χ3v) is 7.62. The highest BCUT2D eigenvalue weighted by molar-refractivity contribution is 6.28. The highest BCUT2D eigenvalue weighted by atomic mass is 16.5. The Hall–Kier alpha value is -2.52. The molecule has 3 heterocycles. The standard InChI is InChI=1S/C27H36N4O4/c1-2-3-8-28-9-5-12-31(13-17-35-18-14-31)25-22(30-10-15-34-16-11-30)19-20-6-4-7-21-23(20)24(25)27(33)29-26(21)32/h4,6-7,19,28H,2-3,5,8-18H2,1H3/p+1. The van der Waals surface area contributed by atoms with Crippen LogP contribution in [0.15, 0.2) is 24.3 Å². The van der Waals surface area contributed by atoms with Gasteiger partial charge in [-0.2, -0.15) is 0 Å². The minimum atomic E-state index is -0.313. The molecule has 2 fully saturated rings. The van der Waals surface area contributed by atoms with E-state index in [4.69, 9.17) is 9.47 Å². The number of amides is 2. The van der Waals surface area contributed by atoms with Crippen molar-refractivity contribution in [1.82, 2.24) is 15.1 Å². The monoisotopic (exact) mass is 481 g/mol. The van der Waals surface area contributed by atoms with Gasteiger partial charge in [0.05, 0.1) is 33.0 Å². The third kappa shape index (κ3) is 4.68. The van der Waals surface area contributed by atoms with Crippen LogP contribution < -0.4 is 20.0 Å². The molecule has 2 N–H and O–H groups in total. The van der Waals surface area contributed by atoms with E-state index in [2.05, 4.69) is 28.5 Å². The van der Waals surface area contributed by atoms with Gasteiger partial charge in [0, 0.05) is 37.0 Å². The molecule has 3 aliphatic rings. The Bertz CT molecular complexity index is 1090. The molecule has 5 rings (SSSR count). The topological polar surface area (TPSA) is 79.9 Å². The molecule has 0 aliphatic carbocycles. The van der Waals surface area contributed by atoms with Gasteiger partial charge in [0.25, 0.3) is 11.8 Å². The summed E-state index contributed by atoms with van der Waals surface area (Å²) < 4.78 is 12.2. The lowest BCUT2D eigenvalue weighted by Gasteiger charge is -2.45. The second-order valence-corrected chi connectivity index (χ2v) is 9.79. The maximum Gasteiger partial charge on any atom is 0.264 e. The molecule has 0 unspecified atom stereocenters. The normalized spacial score (nSPS) is 19.7. The predicted molar refractivity (Wildman–Crippen MR) is 138 cm³/mol. The molecule has 0 atom stereocenters. The van der Waals surface area contributed by atoms with Gasteiger partial charge < -0.3 is 19.7 Å². The molecule has 2 aromatic rings. The lowest BCUT2D eigenvalue weighted by molar-refractivity contribution is 0.0398. The molecule has 35 heavy (non-hydrogen) atoms. The van der Waals surface area contributed by atoms with Gasteiger partial charge in [0.1, 0.15) is 24.3 Å². The van der Waals surface area contributed by atoms with Gasteiger partial charge in [0.2, 0.25) is 0 Å². The predicted octanol–water partition coefficient (Wildman–Crippen LogP) is 2.68. The molecule has 8 nitrogen and oxygen atoms in total. The number of hydrogen-bond donors (Lipinski definition) is 2. The molecule has 2 aromatic carbocycles. The number of ether oxygens (including phenoxy) is 2. The Morgan fingerprint density at radius 1 is 1.00 bits per heavy atom. The fourth-order valence-corrected chi connectivity index (χ4v) is 5.79. The fraction of sp³-hybridized carbons (Fsp3) is 0.556. The van der Waals surface area contributed by atoms with Crippen LogP contribution in [0.4, 0.5) is 11.4 Å². The van der Waals surface area contributed by atoms with Gasteiger partial charge in [-0.1, -0.05) is 25.5 Å². The second-order valence-electron chi connectivity index (χ2n) is 9.79. The summed E-state index contributed by atoms with van der Waals surface area (Å²) in [7, 11) is 0. The number of nitrogens with zero attached hydrogens (tertiary/aromatic N) is 2. The first-order valence-corrected chi connectivity index (χ1v) is 13.1. The van der Waals surface area contributed by atoms with Crippen molar-refractivity contribution in [2.45, 2.75) is 26.2 Å². The van der Waals surface area contributed by atoms with Crippen LogP contribution in [0.5, 0.6) is 0 Å². The maximum atomic E-state index is 13.5. The molecule has 0 aromatic heterocycles. The highest BCUT2D eigenvalue weighted by Crippen LogP contribution is 2.45. The van der Waals surface area contributed by atoms with Gasteiger partial charge in [0.15, 0.2) is 5.69 Å².